The zero-order valence-corrected chi connectivity index (χ0v) is 19.4. The number of fused-ring (bicyclic) bond motifs is 1. The van der Waals surface area contributed by atoms with Gasteiger partial charge < -0.3 is 14.3 Å². The molecule has 1 heterocycles. The van der Waals surface area contributed by atoms with E-state index in [1.807, 2.05) is 0 Å². The van der Waals surface area contributed by atoms with Crippen molar-refractivity contribution in [3.05, 3.63) is 46.8 Å². The summed E-state index contributed by atoms with van der Waals surface area (Å²) in [5.74, 6) is -0.524. The smallest absolute Gasteiger partial charge is 0.379 e. The summed E-state index contributed by atoms with van der Waals surface area (Å²) >= 11 is 0. The average Bonchev–Trinajstić information content (AvgIpc) is 2.77. The van der Waals surface area contributed by atoms with E-state index in [1.54, 1.807) is 6.07 Å². The van der Waals surface area contributed by atoms with Crippen LogP contribution in [0.3, 0.4) is 0 Å². The number of esters is 1. The largest absolute Gasteiger partial charge is 0.508 e. The van der Waals surface area contributed by atoms with Crippen LogP contribution in [0.4, 0.5) is 0 Å². The third-order valence-corrected chi connectivity index (χ3v) is 5.55. The van der Waals surface area contributed by atoms with Crippen LogP contribution in [-0.2, 0) is 4.79 Å². The summed E-state index contributed by atoms with van der Waals surface area (Å²) in [6, 6.07) is 5.92. The van der Waals surface area contributed by atoms with Gasteiger partial charge in [-0.05, 0) is 50.3 Å². The number of carbonyl (C=O) groups is 1. The minimum absolute atomic E-state index is 0.00887. The molecule has 0 saturated heterocycles. The molecule has 0 fully saturated rings. The van der Waals surface area contributed by atoms with Gasteiger partial charge >= 0.3 is 11.6 Å². The summed E-state index contributed by atoms with van der Waals surface area (Å²) in [7, 11) is 0. The molecule has 1 aromatic carbocycles. The Bertz CT molecular complexity index is 897. The van der Waals surface area contributed by atoms with Crippen molar-refractivity contribution in [2.75, 3.05) is 0 Å². The van der Waals surface area contributed by atoms with E-state index in [2.05, 4.69) is 19.1 Å². The molecule has 1 N–H and O–H groups in total. The number of carbonyl (C=O) groups excluding carboxylic acids is 1. The van der Waals surface area contributed by atoms with Gasteiger partial charge in [0.1, 0.15) is 11.3 Å². The highest BCUT2D eigenvalue weighted by atomic mass is 16.5. The molecule has 1 aromatic heterocycles. The van der Waals surface area contributed by atoms with Crippen LogP contribution >= 0.6 is 0 Å². The summed E-state index contributed by atoms with van der Waals surface area (Å²) in [5.41, 5.74) is -0.465. The lowest BCUT2D eigenvalue weighted by Gasteiger charge is -2.05. The van der Waals surface area contributed by atoms with Crippen molar-refractivity contribution in [2.24, 2.45) is 0 Å². The van der Waals surface area contributed by atoms with Crippen molar-refractivity contribution >= 4 is 16.9 Å². The fourth-order valence-electron chi connectivity index (χ4n) is 3.67. The topological polar surface area (TPSA) is 76.7 Å². The molecule has 5 heteroatoms. The van der Waals surface area contributed by atoms with Crippen LogP contribution in [0.1, 0.15) is 96.8 Å². The van der Waals surface area contributed by atoms with Crippen LogP contribution in [-0.4, -0.2) is 11.1 Å². The molecule has 0 atom stereocenters. The number of rotatable bonds is 16. The molecule has 0 aliphatic heterocycles. The minimum Gasteiger partial charge on any atom is -0.508 e. The molecule has 32 heavy (non-hydrogen) atoms. The fourth-order valence-corrected chi connectivity index (χ4v) is 3.67. The number of hydrogen-bond donors (Lipinski definition) is 1. The van der Waals surface area contributed by atoms with Gasteiger partial charge in [0, 0.05) is 17.9 Å². The van der Waals surface area contributed by atoms with Gasteiger partial charge in [0.2, 0.25) is 5.75 Å². The summed E-state index contributed by atoms with van der Waals surface area (Å²) in [5, 5.41) is 10.0. The number of phenolic OH excluding ortho intramolecular Hbond substituents is 1. The normalized spacial score (nSPS) is 11.4. The molecule has 0 radical (unpaired) electrons. The molecule has 0 spiro atoms. The SMILES string of the molecule is CCCCCCCC/C=C\CCCCCCCC(=O)Oc1cc2ccc(O)cc2oc1=O. The molecule has 2 rings (SSSR count). The van der Waals surface area contributed by atoms with Gasteiger partial charge in [0.05, 0.1) is 0 Å². The van der Waals surface area contributed by atoms with E-state index >= 15 is 0 Å². The van der Waals surface area contributed by atoms with E-state index < -0.39 is 11.6 Å². The number of benzene rings is 1. The first kappa shape index (κ1) is 25.7. The van der Waals surface area contributed by atoms with Crippen LogP contribution in [0.5, 0.6) is 11.5 Å². The summed E-state index contributed by atoms with van der Waals surface area (Å²) < 4.78 is 10.3. The van der Waals surface area contributed by atoms with Gasteiger partial charge in [-0.25, -0.2) is 4.79 Å². The van der Waals surface area contributed by atoms with Crippen LogP contribution in [0.2, 0.25) is 0 Å². The van der Waals surface area contributed by atoms with Gasteiger partial charge in [-0.15, -0.1) is 0 Å². The number of aromatic hydroxyl groups is 1. The molecule has 0 bridgehead atoms. The molecule has 0 unspecified atom stereocenters. The van der Waals surface area contributed by atoms with Gasteiger partial charge in [-0.3, -0.25) is 4.79 Å². The highest BCUT2D eigenvalue weighted by Gasteiger charge is 2.11. The third-order valence-electron chi connectivity index (χ3n) is 5.55. The van der Waals surface area contributed by atoms with E-state index in [1.165, 1.54) is 69.6 Å². The van der Waals surface area contributed by atoms with Crippen LogP contribution in [0.25, 0.3) is 11.0 Å². The van der Waals surface area contributed by atoms with E-state index in [0.29, 0.717) is 5.39 Å². The summed E-state index contributed by atoms with van der Waals surface area (Å²) in [6.07, 6.45) is 20.5. The second kappa shape index (κ2) is 15.3. The standard InChI is InChI=1S/C27H38O5/c1-2-3-4-5-6-7-8-9-10-11-12-13-14-15-16-17-26(29)31-25-20-22-18-19-23(28)21-24(22)32-27(25)30/h9-10,18-21,28H,2-8,11-17H2,1H3/b10-9-. The predicted octanol–water partition coefficient (Wildman–Crippen LogP) is 7.44. The van der Waals surface area contributed by atoms with Crippen LogP contribution in [0, 0.1) is 0 Å². The van der Waals surface area contributed by atoms with Crippen molar-refractivity contribution in [3.63, 3.8) is 0 Å². The zero-order valence-electron chi connectivity index (χ0n) is 19.4. The van der Waals surface area contributed by atoms with Gasteiger partial charge in [-0.2, -0.15) is 0 Å². The first-order valence-corrected chi connectivity index (χ1v) is 12.2. The maximum Gasteiger partial charge on any atom is 0.379 e. The fraction of sp³-hybridized carbons (Fsp3) is 0.556. The Hall–Kier alpha value is -2.56. The summed E-state index contributed by atoms with van der Waals surface area (Å²) in [4.78, 5) is 24.0. The number of phenols is 1. The molecule has 0 saturated carbocycles. The lowest BCUT2D eigenvalue weighted by molar-refractivity contribution is -0.134. The Morgan fingerprint density at radius 3 is 2.22 bits per heavy atom. The Morgan fingerprint density at radius 2 is 1.53 bits per heavy atom. The van der Waals surface area contributed by atoms with Crippen LogP contribution in [0.15, 0.2) is 45.6 Å². The number of hydrogen-bond acceptors (Lipinski definition) is 5. The average molecular weight is 443 g/mol. The van der Waals surface area contributed by atoms with Crippen LogP contribution < -0.4 is 10.4 Å². The maximum atomic E-state index is 12.0. The minimum atomic E-state index is -0.721. The lowest BCUT2D eigenvalue weighted by atomic mass is 10.1. The molecule has 0 amide bonds. The molecule has 5 nitrogen and oxygen atoms in total. The van der Waals surface area contributed by atoms with Gasteiger partial charge in [-0.1, -0.05) is 70.4 Å². The predicted molar refractivity (Wildman–Crippen MR) is 129 cm³/mol. The third kappa shape index (κ3) is 10.2. The Labute approximate surface area is 191 Å². The Kier molecular flexibility index (Phi) is 12.3. The Morgan fingerprint density at radius 1 is 0.906 bits per heavy atom. The van der Waals surface area contributed by atoms with Crippen molar-refractivity contribution < 1.29 is 19.1 Å². The first-order chi connectivity index (χ1) is 15.6. The van der Waals surface area contributed by atoms with Gasteiger partial charge in [0.25, 0.3) is 0 Å². The lowest BCUT2D eigenvalue weighted by Crippen LogP contribution is -2.13. The highest BCUT2D eigenvalue weighted by molar-refractivity contribution is 5.80. The zero-order chi connectivity index (χ0) is 23.0. The van der Waals surface area contributed by atoms with E-state index in [0.717, 1.165) is 32.1 Å². The molecule has 0 aliphatic rings. The van der Waals surface area contributed by atoms with Crippen molar-refractivity contribution in [2.45, 2.75) is 96.8 Å². The molecule has 0 aliphatic carbocycles. The van der Waals surface area contributed by atoms with E-state index in [4.69, 9.17) is 9.15 Å². The quantitative estimate of drug-likeness (QED) is 0.126. The number of allylic oxidation sites excluding steroid dienone is 2. The summed E-state index contributed by atoms with van der Waals surface area (Å²) in [6.45, 7) is 2.25. The number of unbranched alkanes of at least 4 members (excludes halogenated alkanes) is 11. The van der Waals surface area contributed by atoms with E-state index in [9.17, 15) is 14.7 Å². The van der Waals surface area contributed by atoms with Gasteiger partial charge in [0.15, 0.2) is 0 Å². The van der Waals surface area contributed by atoms with E-state index in [-0.39, 0.29) is 23.5 Å². The highest BCUT2D eigenvalue weighted by Crippen LogP contribution is 2.22. The maximum absolute atomic E-state index is 12.0. The van der Waals surface area contributed by atoms with Crippen molar-refractivity contribution in [1.82, 2.24) is 0 Å². The molecule has 2 aromatic rings. The first-order valence-electron chi connectivity index (χ1n) is 12.2. The van der Waals surface area contributed by atoms with Crippen molar-refractivity contribution in [1.29, 1.82) is 0 Å². The Balaban J connectivity index is 1.51. The second-order valence-corrected chi connectivity index (χ2v) is 8.43. The molecular formula is C27H38O5. The molecular weight excluding hydrogens is 404 g/mol. The van der Waals surface area contributed by atoms with Crippen molar-refractivity contribution in [3.8, 4) is 11.5 Å². The second-order valence-electron chi connectivity index (χ2n) is 8.43. The molecule has 176 valence electrons. The number of ether oxygens (including phenoxy) is 1. The monoisotopic (exact) mass is 442 g/mol.